The summed E-state index contributed by atoms with van der Waals surface area (Å²) in [6.45, 7) is 4.92. The van der Waals surface area contributed by atoms with Gasteiger partial charge >= 0.3 is 0 Å². The monoisotopic (exact) mass is 320 g/mol. The number of ether oxygens (including phenoxy) is 1. The third-order valence-electron chi connectivity index (χ3n) is 4.55. The van der Waals surface area contributed by atoms with Crippen molar-refractivity contribution in [1.29, 1.82) is 0 Å². The van der Waals surface area contributed by atoms with Crippen molar-refractivity contribution in [1.82, 2.24) is 9.80 Å². The molecule has 23 heavy (non-hydrogen) atoms. The van der Waals surface area contributed by atoms with Gasteiger partial charge in [-0.15, -0.1) is 0 Å². The number of benzene rings is 1. The van der Waals surface area contributed by atoms with Crippen LogP contribution < -0.4 is 10.1 Å². The third kappa shape index (κ3) is 3.27. The van der Waals surface area contributed by atoms with E-state index in [0.717, 1.165) is 18.7 Å². The van der Waals surface area contributed by atoms with E-state index in [-0.39, 0.29) is 18.1 Å². The highest BCUT2D eigenvalue weighted by Gasteiger charge is 2.41. The molecule has 3 atom stereocenters. The number of fused-ring (bicyclic) bond motifs is 1. The lowest BCUT2D eigenvalue weighted by atomic mass is 10.0. The fraction of sp³-hybridized carbons (Fsp3) is 0.588. The van der Waals surface area contributed by atoms with Crippen LogP contribution >= 0.6 is 0 Å². The molecule has 2 aliphatic rings. The Bertz CT molecular complexity index is 592. The maximum atomic E-state index is 13.6. The van der Waals surface area contributed by atoms with Crippen LogP contribution in [0.5, 0.6) is 5.75 Å². The van der Waals surface area contributed by atoms with Gasteiger partial charge in [-0.2, -0.15) is 0 Å². The molecule has 0 aromatic heterocycles. The van der Waals surface area contributed by atoms with E-state index in [1.807, 2.05) is 20.2 Å². The van der Waals surface area contributed by atoms with Crippen LogP contribution in [0.3, 0.4) is 0 Å². The third-order valence-corrected chi connectivity index (χ3v) is 4.55. The second-order valence-electron chi connectivity index (χ2n) is 6.65. The van der Waals surface area contributed by atoms with E-state index in [0.29, 0.717) is 17.8 Å². The molecule has 0 amide bonds. The highest BCUT2D eigenvalue weighted by molar-refractivity contribution is 5.61. The highest BCUT2D eigenvalue weighted by Crippen LogP contribution is 2.32. The van der Waals surface area contributed by atoms with Gasteiger partial charge in [0.05, 0.1) is 30.2 Å². The van der Waals surface area contributed by atoms with Gasteiger partial charge in [-0.1, -0.05) is 0 Å². The van der Waals surface area contributed by atoms with E-state index in [4.69, 9.17) is 4.74 Å². The Hall–Kier alpha value is -1.82. The number of rotatable bonds is 4. The second kappa shape index (κ2) is 6.35. The number of likely N-dealkylation sites (tertiary alicyclic amines) is 1. The molecule has 5 nitrogen and oxygen atoms in total. The summed E-state index contributed by atoms with van der Waals surface area (Å²) in [5.74, 6) is 0.236. The molecule has 0 radical (unpaired) electrons. The molecule has 1 N–H and O–H groups in total. The lowest BCUT2D eigenvalue weighted by Gasteiger charge is -2.39. The van der Waals surface area contributed by atoms with Gasteiger partial charge in [-0.3, -0.25) is 4.90 Å². The van der Waals surface area contributed by atoms with Crippen LogP contribution in [0.15, 0.2) is 23.2 Å². The van der Waals surface area contributed by atoms with E-state index < -0.39 is 0 Å². The molecule has 0 saturated carbocycles. The zero-order valence-electron chi connectivity index (χ0n) is 14.2. The first-order chi connectivity index (χ1) is 11.0. The minimum Gasteiger partial charge on any atom is -0.489 e. The van der Waals surface area contributed by atoms with Gasteiger partial charge in [-0.05, 0) is 39.4 Å². The summed E-state index contributed by atoms with van der Waals surface area (Å²) >= 11 is 0. The summed E-state index contributed by atoms with van der Waals surface area (Å²) in [6.07, 6.45) is 2.94. The SMILES string of the molecule is CC(C)Oc1cc(F)ccc1NC1N=CN(C)[C@@H]2CCN(C)C12. The number of aliphatic imine (C=N–C) groups is 1. The van der Waals surface area contributed by atoms with Crippen molar-refractivity contribution in [2.45, 2.75) is 44.6 Å². The van der Waals surface area contributed by atoms with Crippen LogP contribution in [0.4, 0.5) is 10.1 Å². The molecule has 3 rings (SSSR count). The van der Waals surface area contributed by atoms with E-state index >= 15 is 0 Å². The van der Waals surface area contributed by atoms with Crippen LogP contribution in [-0.4, -0.2) is 61.1 Å². The summed E-state index contributed by atoms with van der Waals surface area (Å²) < 4.78 is 19.3. The Labute approximate surface area is 137 Å². The molecule has 2 aliphatic heterocycles. The molecule has 0 aliphatic carbocycles. The number of halogens is 1. The van der Waals surface area contributed by atoms with E-state index in [1.54, 1.807) is 6.07 Å². The van der Waals surface area contributed by atoms with Crippen LogP contribution in [0.1, 0.15) is 20.3 Å². The highest BCUT2D eigenvalue weighted by atomic mass is 19.1. The van der Waals surface area contributed by atoms with E-state index in [1.165, 1.54) is 12.1 Å². The van der Waals surface area contributed by atoms with Crippen molar-refractivity contribution in [2.24, 2.45) is 4.99 Å². The summed E-state index contributed by atoms with van der Waals surface area (Å²) in [6, 6.07) is 5.35. The van der Waals surface area contributed by atoms with Gasteiger partial charge in [-0.25, -0.2) is 9.38 Å². The Morgan fingerprint density at radius 1 is 1.35 bits per heavy atom. The van der Waals surface area contributed by atoms with Crippen molar-refractivity contribution in [3.8, 4) is 5.75 Å². The predicted molar refractivity (Wildman–Crippen MR) is 90.7 cm³/mol. The Morgan fingerprint density at radius 2 is 2.13 bits per heavy atom. The fourth-order valence-electron chi connectivity index (χ4n) is 3.45. The molecule has 2 unspecified atom stereocenters. The first-order valence-corrected chi connectivity index (χ1v) is 8.14. The molecular weight excluding hydrogens is 295 g/mol. The molecular formula is C17H25FN4O. The van der Waals surface area contributed by atoms with Crippen molar-refractivity contribution < 1.29 is 9.13 Å². The van der Waals surface area contributed by atoms with Gasteiger partial charge in [0.2, 0.25) is 0 Å². The number of hydrogen-bond donors (Lipinski definition) is 1. The van der Waals surface area contributed by atoms with E-state index in [2.05, 4.69) is 34.2 Å². The maximum absolute atomic E-state index is 13.6. The molecule has 6 heteroatoms. The number of likely N-dealkylation sites (N-methyl/N-ethyl adjacent to an activating group) is 2. The Kier molecular flexibility index (Phi) is 4.43. The largest absolute Gasteiger partial charge is 0.489 e. The van der Waals surface area contributed by atoms with Crippen LogP contribution in [-0.2, 0) is 0 Å². The number of anilines is 1. The van der Waals surface area contributed by atoms with Crippen LogP contribution in [0, 0.1) is 5.82 Å². The molecule has 1 aromatic carbocycles. The number of nitrogens with one attached hydrogen (secondary N) is 1. The molecule has 2 heterocycles. The minimum atomic E-state index is -0.297. The normalized spacial score (nSPS) is 27.4. The quantitative estimate of drug-likeness (QED) is 0.925. The van der Waals surface area contributed by atoms with Gasteiger partial charge < -0.3 is 15.0 Å². The average Bonchev–Trinajstić information content (AvgIpc) is 2.87. The lowest BCUT2D eigenvalue weighted by molar-refractivity contribution is 0.205. The molecule has 1 fully saturated rings. The number of nitrogens with zero attached hydrogens (tertiary/aromatic N) is 3. The summed E-state index contributed by atoms with van der Waals surface area (Å²) in [4.78, 5) is 9.16. The summed E-state index contributed by atoms with van der Waals surface area (Å²) in [5, 5.41) is 3.45. The molecule has 126 valence electrons. The zero-order chi connectivity index (χ0) is 16.6. The smallest absolute Gasteiger partial charge is 0.145 e. The molecule has 1 aromatic rings. The van der Waals surface area contributed by atoms with Crippen LogP contribution in [0.2, 0.25) is 0 Å². The first-order valence-electron chi connectivity index (χ1n) is 8.14. The molecule has 0 bridgehead atoms. The van der Waals surface area contributed by atoms with Crippen molar-refractivity contribution in [3.05, 3.63) is 24.0 Å². The van der Waals surface area contributed by atoms with Crippen molar-refractivity contribution >= 4 is 12.0 Å². The summed E-state index contributed by atoms with van der Waals surface area (Å²) in [7, 11) is 4.20. The van der Waals surface area contributed by atoms with Crippen molar-refractivity contribution in [2.75, 3.05) is 26.0 Å². The van der Waals surface area contributed by atoms with Gasteiger partial charge in [0, 0.05) is 19.7 Å². The zero-order valence-corrected chi connectivity index (χ0v) is 14.2. The average molecular weight is 320 g/mol. The predicted octanol–water partition coefficient (Wildman–Crippen LogP) is 2.40. The number of hydrogen-bond acceptors (Lipinski definition) is 5. The lowest BCUT2D eigenvalue weighted by Crippen LogP contribution is -2.54. The first kappa shape index (κ1) is 16.1. The standard InChI is InChI=1S/C17H25FN4O/c1-11(2)23-15-9-12(18)5-6-13(15)20-17-16-14(7-8-21(16)3)22(4)10-19-17/h5-6,9-11,14,16-17,20H,7-8H2,1-4H3/t14-,16?,17?/m1/s1. The Morgan fingerprint density at radius 3 is 2.87 bits per heavy atom. The fourth-order valence-corrected chi connectivity index (χ4v) is 3.45. The summed E-state index contributed by atoms with van der Waals surface area (Å²) in [5.41, 5.74) is 0.783. The van der Waals surface area contributed by atoms with Gasteiger partial charge in [0.25, 0.3) is 0 Å². The topological polar surface area (TPSA) is 40.1 Å². The molecule has 0 spiro atoms. The van der Waals surface area contributed by atoms with E-state index in [9.17, 15) is 4.39 Å². The second-order valence-corrected chi connectivity index (χ2v) is 6.65. The Balaban J connectivity index is 1.85. The van der Waals surface area contributed by atoms with Crippen LogP contribution in [0.25, 0.3) is 0 Å². The van der Waals surface area contributed by atoms with Crippen molar-refractivity contribution in [3.63, 3.8) is 0 Å². The van der Waals surface area contributed by atoms with Gasteiger partial charge in [0.15, 0.2) is 0 Å². The van der Waals surface area contributed by atoms with Gasteiger partial charge in [0.1, 0.15) is 17.7 Å². The maximum Gasteiger partial charge on any atom is 0.145 e. The minimum absolute atomic E-state index is 0.0137. The molecule has 1 saturated heterocycles.